The molecule has 7 heteroatoms. The first-order valence-electron chi connectivity index (χ1n) is 9.61. The number of hydrogen-bond acceptors (Lipinski definition) is 2. The van der Waals surface area contributed by atoms with Crippen LogP contribution in [0.2, 0.25) is 5.02 Å². The molecule has 0 radical (unpaired) electrons. The second-order valence-electron chi connectivity index (χ2n) is 7.19. The zero-order valence-electron chi connectivity index (χ0n) is 16.0. The number of amides is 2. The Bertz CT molecular complexity index is 807. The highest BCUT2D eigenvalue weighted by Gasteiger charge is 2.31. The lowest BCUT2D eigenvalue weighted by Crippen LogP contribution is -3.30. The van der Waals surface area contributed by atoms with E-state index in [0.717, 1.165) is 31.9 Å². The Morgan fingerprint density at radius 2 is 1.61 bits per heavy atom. The van der Waals surface area contributed by atoms with Crippen molar-refractivity contribution in [2.75, 3.05) is 43.4 Å². The Kier molecular flexibility index (Phi) is 7.03. The van der Waals surface area contributed by atoms with Crippen LogP contribution < -0.4 is 20.4 Å². The minimum absolute atomic E-state index is 0.0288. The number of quaternary nitrogens is 2. The fourth-order valence-corrected chi connectivity index (χ4v) is 3.66. The van der Waals surface area contributed by atoms with Crippen molar-refractivity contribution in [3.05, 3.63) is 59.6 Å². The summed E-state index contributed by atoms with van der Waals surface area (Å²) in [4.78, 5) is 27.3. The van der Waals surface area contributed by atoms with Crippen molar-refractivity contribution in [1.82, 2.24) is 0 Å². The molecule has 1 saturated heterocycles. The van der Waals surface area contributed by atoms with Gasteiger partial charge in [-0.3, -0.25) is 9.59 Å². The summed E-state index contributed by atoms with van der Waals surface area (Å²) >= 11 is 6.09. The van der Waals surface area contributed by atoms with Gasteiger partial charge in [-0.05, 0) is 31.2 Å². The molecule has 1 fully saturated rings. The highest BCUT2D eigenvalue weighted by molar-refractivity contribution is 6.33. The Labute approximate surface area is 170 Å². The molecular weight excluding hydrogens is 376 g/mol. The van der Waals surface area contributed by atoms with Gasteiger partial charge in [0.1, 0.15) is 26.2 Å². The minimum atomic E-state index is -0.126. The van der Waals surface area contributed by atoms with Crippen LogP contribution in [0.3, 0.4) is 0 Å². The molecule has 1 aliphatic rings. The van der Waals surface area contributed by atoms with Crippen LogP contribution in [0, 0.1) is 0 Å². The molecular formula is C21H27ClN4O2+2. The number of rotatable bonds is 6. The number of nitrogens with one attached hydrogen (secondary N) is 4. The molecule has 148 valence electrons. The lowest BCUT2D eigenvalue weighted by molar-refractivity contribution is -1.01. The van der Waals surface area contributed by atoms with E-state index in [9.17, 15) is 9.59 Å². The van der Waals surface area contributed by atoms with Crippen LogP contribution in [-0.4, -0.2) is 50.6 Å². The third-order valence-electron chi connectivity index (χ3n) is 5.20. The number of hydrogen-bond donors (Lipinski definition) is 4. The maximum absolute atomic E-state index is 12.5. The van der Waals surface area contributed by atoms with Crippen LogP contribution in [0.25, 0.3) is 0 Å². The second kappa shape index (κ2) is 9.68. The average molecular weight is 403 g/mol. The molecule has 0 aromatic heterocycles. The van der Waals surface area contributed by atoms with E-state index in [1.807, 2.05) is 49.4 Å². The molecule has 1 aliphatic heterocycles. The van der Waals surface area contributed by atoms with Crippen LogP contribution in [0.15, 0.2) is 54.6 Å². The Morgan fingerprint density at radius 1 is 0.964 bits per heavy atom. The zero-order chi connectivity index (χ0) is 19.9. The largest absolute Gasteiger partial charge is 0.321 e. The Hall–Kier alpha value is -2.41. The lowest BCUT2D eigenvalue weighted by Gasteiger charge is -2.32. The van der Waals surface area contributed by atoms with Crippen LogP contribution in [-0.2, 0) is 9.59 Å². The van der Waals surface area contributed by atoms with E-state index < -0.39 is 0 Å². The summed E-state index contributed by atoms with van der Waals surface area (Å²) in [6, 6.07) is 16.6. The van der Waals surface area contributed by atoms with Gasteiger partial charge in [-0.25, -0.2) is 0 Å². The number of carbonyl (C=O) groups excluding carboxylic acids is 2. The van der Waals surface area contributed by atoms with E-state index in [1.54, 1.807) is 12.1 Å². The van der Waals surface area contributed by atoms with Crippen molar-refractivity contribution < 1.29 is 19.4 Å². The van der Waals surface area contributed by atoms with E-state index in [2.05, 4.69) is 10.6 Å². The summed E-state index contributed by atoms with van der Waals surface area (Å²) in [6.07, 6.45) is 0. The quantitative estimate of drug-likeness (QED) is 0.553. The van der Waals surface area contributed by atoms with Crippen molar-refractivity contribution in [1.29, 1.82) is 0 Å². The molecule has 4 N–H and O–H groups in total. The summed E-state index contributed by atoms with van der Waals surface area (Å²) in [6.45, 7) is 5.80. The summed E-state index contributed by atoms with van der Waals surface area (Å²) in [5, 5.41) is 6.39. The van der Waals surface area contributed by atoms with E-state index in [-0.39, 0.29) is 17.9 Å². The number of anilines is 2. The molecule has 28 heavy (non-hydrogen) atoms. The fraction of sp³-hybridized carbons (Fsp3) is 0.333. The predicted octanol–water partition coefficient (Wildman–Crippen LogP) is 0.0891. The normalized spacial score (nSPS) is 20.2. The second-order valence-corrected chi connectivity index (χ2v) is 7.60. The van der Waals surface area contributed by atoms with E-state index in [0.29, 0.717) is 17.3 Å². The van der Waals surface area contributed by atoms with Gasteiger partial charge in [0.05, 0.1) is 10.7 Å². The van der Waals surface area contributed by atoms with Gasteiger partial charge in [0.2, 0.25) is 0 Å². The predicted molar refractivity (Wildman–Crippen MR) is 111 cm³/mol. The first-order valence-corrected chi connectivity index (χ1v) is 9.99. The molecule has 1 heterocycles. The van der Waals surface area contributed by atoms with E-state index >= 15 is 0 Å². The summed E-state index contributed by atoms with van der Waals surface area (Å²) in [5.74, 6) is -0.0115. The monoisotopic (exact) mass is 402 g/mol. The molecule has 0 unspecified atom stereocenters. The highest BCUT2D eigenvalue weighted by atomic mass is 35.5. The summed E-state index contributed by atoms with van der Waals surface area (Å²) in [7, 11) is 0. The molecule has 0 bridgehead atoms. The SMILES string of the molecule is C[C@@H](C(=O)Nc1ccccc1)[NH+]1CC[NH+](CC(=O)Nc2ccccc2Cl)CC1. The molecule has 2 aromatic rings. The Morgan fingerprint density at radius 3 is 2.29 bits per heavy atom. The zero-order valence-corrected chi connectivity index (χ0v) is 16.8. The molecule has 2 aromatic carbocycles. The Balaban J connectivity index is 1.44. The molecule has 1 atom stereocenters. The van der Waals surface area contributed by atoms with Gasteiger partial charge in [-0.1, -0.05) is 41.9 Å². The third-order valence-corrected chi connectivity index (χ3v) is 5.53. The number of halogens is 1. The fourth-order valence-electron chi connectivity index (χ4n) is 3.48. The van der Waals surface area contributed by atoms with Gasteiger partial charge >= 0.3 is 0 Å². The van der Waals surface area contributed by atoms with Crippen molar-refractivity contribution >= 4 is 34.8 Å². The van der Waals surface area contributed by atoms with Crippen LogP contribution >= 0.6 is 11.6 Å². The maximum atomic E-state index is 12.5. The number of para-hydroxylation sites is 2. The van der Waals surface area contributed by atoms with Crippen LogP contribution in [0.1, 0.15) is 6.92 Å². The topological polar surface area (TPSA) is 67.1 Å². The van der Waals surface area contributed by atoms with E-state index in [1.165, 1.54) is 9.80 Å². The van der Waals surface area contributed by atoms with Gasteiger partial charge in [0.25, 0.3) is 11.8 Å². The number of benzene rings is 2. The highest BCUT2D eigenvalue weighted by Crippen LogP contribution is 2.19. The van der Waals surface area contributed by atoms with Gasteiger partial charge in [0, 0.05) is 5.69 Å². The smallest absolute Gasteiger partial charge is 0.282 e. The molecule has 0 aliphatic carbocycles. The average Bonchev–Trinajstić information content (AvgIpc) is 2.70. The maximum Gasteiger partial charge on any atom is 0.282 e. The van der Waals surface area contributed by atoms with Gasteiger partial charge in [-0.2, -0.15) is 0 Å². The third kappa shape index (κ3) is 5.55. The summed E-state index contributed by atoms with van der Waals surface area (Å²) in [5.41, 5.74) is 1.46. The summed E-state index contributed by atoms with van der Waals surface area (Å²) < 4.78 is 0. The van der Waals surface area contributed by atoms with Crippen molar-refractivity contribution in [3.8, 4) is 0 Å². The van der Waals surface area contributed by atoms with Gasteiger partial charge < -0.3 is 20.4 Å². The van der Waals surface area contributed by atoms with Crippen molar-refractivity contribution in [2.24, 2.45) is 0 Å². The molecule has 3 rings (SSSR count). The molecule has 6 nitrogen and oxygen atoms in total. The first kappa shape index (κ1) is 20.3. The minimum Gasteiger partial charge on any atom is -0.321 e. The number of carbonyl (C=O) groups is 2. The lowest BCUT2D eigenvalue weighted by atomic mass is 10.2. The van der Waals surface area contributed by atoms with E-state index in [4.69, 9.17) is 11.6 Å². The number of piperazine rings is 1. The first-order chi connectivity index (χ1) is 13.5. The molecule has 0 saturated carbocycles. The van der Waals surface area contributed by atoms with Crippen molar-refractivity contribution in [3.63, 3.8) is 0 Å². The standard InChI is InChI=1S/C21H25ClN4O2/c1-16(21(28)23-17-7-3-2-4-8-17)26-13-11-25(12-14-26)15-20(27)24-19-10-6-5-9-18(19)22/h2-10,16H,11-15H2,1H3,(H,23,28)(H,24,27)/p+2/t16-/m0/s1. The molecule has 0 spiro atoms. The van der Waals surface area contributed by atoms with Crippen molar-refractivity contribution in [2.45, 2.75) is 13.0 Å². The molecule has 2 amide bonds. The van der Waals surface area contributed by atoms with Crippen LogP contribution in [0.4, 0.5) is 11.4 Å². The van der Waals surface area contributed by atoms with Gasteiger partial charge in [-0.15, -0.1) is 0 Å². The van der Waals surface area contributed by atoms with Crippen LogP contribution in [0.5, 0.6) is 0 Å². The van der Waals surface area contributed by atoms with Gasteiger partial charge in [0.15, 0.2) is 12.6 Å².